The number of furan rings is 1. The first-order chi connectivity index (χ1) is 9.25. The molecule has 3 heterocycles. The van der Waals surface area contributed by atoms with E-state index in [1.165, 1.54) is 11.3 Å². The molecule has 3 rings (SSSR count). The Kier molecular flexibility index (Phi) is 3.56. The van der Waals surface area contributed by atoms with Gasteiger partial charge in [-0.2, -0.15) is 0 Å². The minimum atomic E-state index is -0.667. The molecule has 0 aliphatic carbocycles. The van der Waals surface area contributed by atoms with Crippen LogP contribution in [0.5, 0.6) is 0 Å². The molecule has 19 heavy (non-hydrogen) atoms. The zero-order chi connectivity index (χ0) is 13.2. The van der Waals surface area contributed by atoms with E-state index in [-0.39, 0.29) is 0 Å². The molecular weight excluding hydrogens is 286 g/mol. The summed E-state index contributed by atoms with van der Waals surface area (Å²) in [5, 5.41) is 15.5. The molecule has 3 aromatic heterocycles. The van der Waals surface area contributed by atoms with Crippen molar-refractivity contribution < 1.29 is 9.52 Å². The third kappa shape index (κ3) is 2.52. The SMILES string of the molecule is OC(CNCc1c(Cl)nc2sccn12)c1ccco1. The Hall–Kier alpha value is -1.34. The van der Waals surface area contributed by atoms with Crippen molar-refractivity contribution in [1.82, 2.24) is 14.7 Å². The van der Waals surface area contributed by atoms with Gasteiger partial charge in [0.15, 0.2) is 10.1 Å². The highest BCUT2D eigenvalue weighted by atomic mass is 35.5. The molecule has 0 bridgehead atoms. The van der Waals surface area contributed by atoms with Gasteiger partial charge in [0.05, 0.1) is 12.0 Å². The van der Waals surface area contributed by atoms with E-state index < -0.39 is 6.10 Å². The summed E-state index contributed by atoms with van der Waals surface area (Å²) in [4.78, 5) is 5.12. The molecule has 0 fully saturated rings. The van der Waals surface area contributed by atoms with Gasteiger partial charge >= 0.3 is 0 Å². The second-order valence-corrected chi connectivity index (χ2v) is 5.30. The molecule has 5 nitrogen and oxygen atoms in total. The number of thiazole rings is 1. The van der Waals surface area contributed by atoms with Crippen LogP contribution in [0.3, 0.4) is 0 Å². The van der Waals surface area contributed by atoms with Crippen molar-refractivity contribution in [1.29, 1.82) is 0 Å². The lowest BCUT2D eigenvalue weighted by molar-refractivity contribution is 0.147. The second kappa shape index (κ2) is 5.34. The summed E-state index contributed by atoms with van der Waals surface area (Å²) >= 11 is 7.61. The van der Waals surface area contributed by atoms with Crippen LogP contribution in [-0.4, -0.2) is 21.0 Å². The van der Waals surface area contributed by atoms with Crippen molar-refractivity contribution >= 4 is 27.9 Å². The van der Waals surface area contributed by atoms with Crippen LogP contribution in [0, 0.1) is 0 Å². The van der Waals surface area contributed by atoms with E-state index >= 15 is 0 Å². The van der Waals surface area contributed by atoms with Crippen LogP contribution in [0.15, 0.2) is 34.4 Å². The summed E-state index contributed by atoms with van der Waals surface area (Å²) in [6.07, 6.45) is 2.81. The van der Waals surface area contributed by atoms with Gasteiger partial charge in [-0.1, -0.05) is 11.6 Å². The molecule has 1 atom stereocenters. The second-order valence-electron chi connectivity index (χ2n) is 4.07. The Morgan fingerprint density at radius 3 is 3.26 bits per heavy atom. The molecule has 0 spiro atoms. The molecule has 1 unspecified atom stereocenters. The number of hydrogen-bond donors (Lipinski definition) is 2. The fourth-order valence-corrected chi connectivity index (χ4v) is 2.89. The van der Waals surface area contributed by atoms with Gasteiger partial charge in [-0.05, 0) is 12.1 Å². The number of aliphatic hydroxyl groups excluding tert-OH is 1. The summed E-state index contributed by atoms with van der Waals surface area (Å²) in [6.45, 7) is 0.926. The van der Waals surface area contributed by atoms with Crippen molar-refractivity contribution in [2.24, 2.45) is 0 Å². The minimum Gasteiger partial charge on any atom is -0.467 e. The molecule has 0 saturated carbocycles. The summed E-state index contributed by atoms with van der Waals surface area (Å²) in [5.74, 6) is 0.549. The molecule has 0 aromatic carbocycles. The third-order valence-corrected chi connectivity index (χ3v) is 3.87. The quantitative estimate of drug-likeness (QED) is 0.759. The first-order valence-electron chi connectivity index (χ1n) is 5.78. The van der Waals surface area contributed by atoms with Gasteiger partial charge in [0, 0.05) is 24.7 Å². The molecule has 0 saturated heterocycles. The number of rotatable bonds is 5. The van der Waals surface area contributed by atoms with Crippen LogP contribution in [-0.2, 0) is 6.54 Å². The lowest BCUT2D eigenvalue weighted by Gasteiger charge is -2.09. The van der Waals surface area contributed by atoms with Crippen LogP contribution in [0.2, 0.25) is 5.15 Å². The number of aliphatic hydroxyl groups is 1. The van der Waals surface area contributed by atoms with Gasteiger partial charge in [-0.25, -0.2) is 4.98 Å². The van der Waals surface area contributed by atoms with E-state index in [0.717, 1.165) is 10.7 Å². The number of fused-ring (bicyclic) bond motifs is 1. The monoisotopic (exact) mass is 297 g/mol. The Morgan fingerprint density at radius 2 is 2.47 bits per heavy atom. The van der Waals surface area contributed by atoms with Gasteiger partial charge in [0.1, 0.15) is 11.9 Å². The molecule has 100 valence electrons. The van der Waals surface area contributed by atoms with Crippen LogP contribution >= 0.6 is 22.9 Å². The Labute approximate surface area is 118 Å². The third-order valence-electron chi connectivity index (χ3n) is 2.81. The van der Waals surface area contributed by atoms with Crippen molar-refractivity contribution in [2.75, 3.05) is 6.54 Å². The highest BCUT2D eigenvalue weighted by Gasteiger charge is 2.13. The van der Waals surface area contributed by atoms with Crippen LogP contribution in [0.1, 0.15) is 17.6 Å². The number of aromatic nitrogens is 2. The molecule has 0 aliphatic rings. The zero-order valence-corrected chi connectivity index (χ0v) is 11.5. The average Bonchev–Trinajstić information content (AvgIpc) is 3.08. The van der Waals surface area contributed by atoms with Gasteiger partial charge in [0.2, 0.25) is 0 Å². The summed E-state index contributed by atoms with van der Waals surface area (Å²) in [6, 6.07) is 3.50. The fraction of sp³-hybridized carbons (Fsp3) is 0.250. The average molecular weight is 298 g/mol. The summed E-state index contributed by atoms with van der Waals surface area (Å²) in [5.41, 5.74) is 0.893. The summed E-state index contributed by atoms with van der Waals surface area (Å²) in [7, 11) is 0. The normalized spacial score (nSPS) is 13.2. The number of nitrogens with one attached hydrogen (secondary N) is 1. The maximum Gasteiger partial charge on any atom is 0.195 e. The van der Waals surface area contributed by atoms with E-state index in [2.05, 4.69) is 10.3 Å². The van der Waals surface area contributed by atoms with Gasteiger partial charge in [-0.15, -0.1) is 11.3 Å². The highest BCUT2D eigenvalue weighted by molar-refractivity contribution is 7.15. The number of hydrogen-bond acceptors (Lipinski definition) is 5. The molecule has 3 aromatic rings. The van der Waals surface area contributed by atoms with Crippen molar-refractivity contribution in [3.63, 3.8) is 0 Å². The zero-order valence-electron chi connectivity index (χ0n) is 9.91. The lowest BCUT2D eigenvalue weighted by atomic mass is 10.2. The van der Waals surface area contributed by atoms with E-state index in [1.54, 1.807) is 18.4 Å². The molecule has 0 aliphatic heterocycles. The Bertz CT molecular complexity index is 662. The predicted octanol–water partition coefficient (Wildman–Crippen LogP) is 2.47. The molecule has 0 amide bonds. The van der Waals surface area contributed by atoms with Crippen molar-refractivity contribution in [3.05, 3.63) is 46.6 Å². The smallest absolute Gasteiger partial charge is 0.195 e. The van der Waals surface area contributed by atoms with Crippen molar-refractivity contribution in [2.45, 2.75) is 12.6 Å². The predicted molar refractivity (Wildman–Crippen MR) is 73.5 cm³/mol. The molecule has 2 N–H and O–H groups in total. The minimum absolute atomic E-state index is 0.390. The van der Waals surface area contributed by atoms with Crippen LogP contribution in [0.25, 0.3) is 4.96 Å². The first-order valence-corrected chi connectivity index (χ1v) is 7.03. The van der Waals surface area contributed by atoms with E-state index in [4.69, 9.17) is 16.0 Å². The summed E-state index contributed by atoms with van der Waals surface area (Å²) < 4.78 is 7.08. The number of halogens is 1. The Balaban J connectivity index is 1.63. The number of nitrogens with zero attached hydrogens (tertiary/aromatic N) is 2. The van der Waals surface area contributed by atoms with Gasteiger partial charge in [-0.3, -0.25) is 4.40 Å². The van der Waals surface area contributed by atoms with Crippen molar-refractivity contribution in [3.8, 4) is 0 Å². The van der Waals surface area contributed by atoms with Crippen LogP contribution < -0.4 is 5.32 Å². The first kappa shape index (κ1) is 12.7. The van der Waals surface area contributed by atoms with Gasteiger partial charge in [0.25, 0.3) is 0 Å². The van der Waals surface area contributed by atoms with Crippen LogP contribution in [0.4, 0.5) is 0 Å². The lowest BCUT2D eigenvalue weighted by Crippen LogP contribution is -2.21. The fourth-order valence-electron chi connectivity index (χ4n) is 1.87. The molecular formula is C12H12ClN3O2S. The molecule has 0 radical (unpaired) electrons. The standard InChI is InChI=1S/C12H12ClN3O2S/c13-11-8(16-3-5-19-12(16)15-11)6-14-7-9(17)10-2-1-4-18-10/h1-5,9,14,17H,6-7H2. The largest absolute Gasteiger partial charge is 0.467 e. The maximum atomic E-state index is 9.87. The maximum absolute atomic E-state index is 9.87. The van der Waals surface area contributed by atoms with E-state index in [1.807, 2.05) is 16.0 Å². The highest BCUT2D eigenvalue weighted by Crippen LogP contribution is 2.21. The van der Waals surface area contributed by atoms with Gasteiger partial charge < -0.3 is 14.8 Å². The topological polar surface area (TPSA) is 62.7 Å². The van der Waals surface area contributed by atoms with E-state index in [0.29, 0.717) is 24.0 Å². The number of imidazole rings is 1. The van der Waals surface area contributed by atoms with E-state index in [9.17, 15) is 5.11 Å². The molecule has 7 heteroatoms. The Morgan fingerprint density at radius 1 is 1.58 bits per heavy atom.